The lowest BCUT2D eigenvalue weighted by Crippen LogP contribution is -2.03. The third-order valence-corrected chi connectivity index (χ3v) is 4.40. The maximum atomic E-state index is 11.3. The third kappa shape index (κ3) is 2.68. The summed E-state index contributed by atoms with van der Waals surface area (Å²) in [6, 6.07) is 6.31. The number of fused-ring (bicyclic) bond motifs is 1. The largest absolute Gasteiger partial charge is 0.294 e. The lowest BCUT2D eigenvalue weighted by molar-refractivity contribution is 0.482. The molecule has 0 bridgehead atoms. The van der Waals surface area contributed by atoms with Gasteiger partial charge in [0.2, 0.25) is 0 Å². The van der Waals surface area contributed by atoms with Gasteiger partial charge < -0.3 is 0 Å². The van der Waals surface area contributed by atoms with Gasteiger partial charge in [-0.3, -0.25) is 4.55 Å². The highest BCUT2D eigenvalue weighted by molar-refractivity contribution is 7.85. The first-order chi connectivity index (χ1) is 8.02. The Morgan fingerprint density at radius 2 is 2.18 bits per heavy atom. The first-order valence-electron chi connectivity index (χ1n) is 5.41. The van der Waals surface area contributed by atoms with Gasteiger partial charge in [-0.25, -0.2) is 0 Å². The fourth-order valence-electron chi connectivity index (χ4n) is 1.77. The van der Waals surface area contributed by atoms with E-state index in [1.807, 2.05) is 13.0 Å². The second-order valence-corrected chi connectivity index (χ2v) is 6.22. The highest BCUT2D eigenvalue weighted by Gasteiger charge is 2.16. The number of thiophene rings is 1. The normalized spacial score (nSPS) is 12.1. The molecular formula is C12H13O3S2. The summed E-state index contributed by atoms with van der Waals surface area (Å²) < 4.78 is 32.9. The van der Waals surface area contributed by atoms with Crippen LogP contribution in [0.1, 0.15) is 25.3 Å². The molecule has 91 valence electrons. The van der Waals surface area contributed by atoms with E-state index in [0.29, 0.717) is 12.0 Å². The van der Waals surface area contributed by atoms with Crippen LogP contribution in [0.15, 0.2) is 22.4 Å². The Labute approximate surface area is 105 Å². The zero-order chi connectivity index (χ0) is 12.5. The smallest absolute Gasteiger partial charge is 0.282 e. The average Bonchev–Trinajstić information content (AvgIpc) is 2.70. The maximum absolute atomic E-state index is 11.3. The Hall–Kier alpha value is -0.910. The monoisotopic (exact) mass is 269 g/mol. The van der Waals surface area contributed by atoms with Crippen LogP contribution in [0.2, 0.25) is 0 Å². The molecule has 0 aliphatic heterocycles. The molecule has 2 aromatic rings. The summed E-state index contributed by atoms with van der Waals surface area (Å²) >= 11 is 1.52. The molecule has 1 radical (unpaired) electrons. The van der Waals surface area contributed by atoms with Crippen molar-refractivity contribution < 1.29 is 13.0 Å². The predicted octanol–water partition coefficient (Wildman–Crippen LogP) is 3.29. The molecule has 0 fully saturated rings. The molecule has 0 unspecified atom stereocenters. The summed E-state index contributed by atoms with van der Waals surface area (Å²) in [4.78, 5) is 0.0214. The van der Waals surface area contributed by atoms with Gasteiger partial charge in [-0.05, 0) is 35.9 Å². The average molecular weight is 269 g/mol. The molecule has 5 heteroatoms. The van der Waals surface area contributed by atoms with Crippen molar-refractivity contribution in [3.63, 3.8) is 0 Å². The van der Waals surface area contributed by atoms with E-state index in [4.69, 9.17) is 0 Å². The molecular weight excluding hydrogens is 256 g/mol. The Morgan fingerprint density at radius 1 is 1.41 bits per heavy atom. The number of benzene rings is 1. The topological polar surface area (TPSA) is 54.4 Å². The molecule has 0 amide bonds. The van der Waals surface area contributed by atoms with Gasteiger partial charge in [0.05, 0.1) is 4.90 Å². The number of aryl methyl sites for hydroxylation is 1. The first kappa shape index (κ1) is 12.5. The van der Waals surface area contributed by atoms with Crippen LogP contribution in [0.3, 0.4) is 0 Å². The van der Waals surface area contributed by atoms with Gasteiger partial charge in [0.25, 0.3) is 10.1 Å². The van der Waals surface area contributed by atoms with Crippen molar-refractivity contribution in [1.82, 2.24) is 0 Å². The molecule has 0 atom stereocenters. The van der Waals surface area contributed by atoms with E-state index < -0.39 is 10.1 Å². The highest BCUT2D eigenvalue weighted by Crippen LogP contribution is 2.28. The van der Waals surface area contributed by atoms with Crippen LogP contribution in [0.25, 0.3) is 10.1 Å². The van der Waals surface area contributed by atoms with E-state index in [1.54, 1.807) is 5.38 Å². The van der Waals surface area contributed by atoms with Gasteiger partial charge in [-0.2, -0.15) is 8.42 Å². The van der Waals surface area contributed by atoms with Crippen molar-refractivity contribution in [3.8, 4) is 0 Å². The van der Waals surface area contributed by atoms with Crippen LogP contribution in [-0.2, 0) is 16.5 Å². The van der Waals surface area contributed by atoms with Gasteiger partial charge in [0.15, 0.2) is 0 Å². The Bertz CT molecular complexity index is 626. The number of rotatable bonds is 4. The minimum Gasteiger partial charge on any atom is -0.282 e. The number of unbranched alkanes of at least 4 members (excludes halogenated alkanes) is 1. The molecule has 0 spiro atoms. The van der Waals surface area contributed by atoms with Gasteiger partial charge in [-0.1, -0.05) is 13.3 Å². The summed E-state index contributed by atoms with van der Waals surface area (Å²) in [6.45, 7) is 2.05. The number of hydrogen-bond acceptors (Lipinski definition) is 3. The van der Waals surface area contributed by atoms with Gasteiger partial charge in [0, 0.05) is 16.2 Å². The molecule has 1 aromatic carbocycles. The van der Waals surface area contributed by atoms with Crippen LogP contribution in [-0.4, -0.2) is 13.0 Å². The second-order valence-electron chi connectivity index (χ2n) is 3.91. The van der Waals surface area contributed by atoms with Crippen molar-refractivity contribution in [3.05, 3.63) is 29.1 Å². The predicted molar refractivity (Wildman–Crippen MR) is 69.1 cm³/mol. The van der Waals surface area contributed by atoms with Crippen LogP contribution in [0.5, 0.6) is 0 Å². The quantitative estimate of drug-likeness (QED) is 0.866. The van der Waals surface area contributed by atoms with Gasteiger partial charge in [0.1, 0.15) is 0 Å². The van der Waals surface area contributed by atoms with Crippen LogP contribution in [0, 0.1) is 6.07 Å². The second kappa shape index (κ2) is 4.76. The minimum absolute atomic E-state index is 0.0214. The first-order valence-corrected chi connectivity index (χ1v) is 7.73. The standard InChI is InChI=1S/C12H13O3S2/c1-2-3-4-10-7-11-9(5-6-16-11)8-12(10)17(13,14)15/h6-8H,2-4H2,1H3,(H,13,14,15). The van der Waals surface area contributed by atoms with E-state index >= 15 is 0 Å². The van der Waals surface area contributed by atoms with Gasteiger partial charge >= 0.3 is 0 Å². The Morgan fingerprint density at radius 3 is 2.82 bits per heavy atom. The van der Waals surface area contributed by atoms with Crippen LogP contribution < -0.4 is 0 Å². The molecule has 1 N–H and O–H groups in total. The van der Waals surface area contributed by atoms with Crippen molar-refractivity contribution in [2.24, 2.45) is 0 Å². The van der Waals surface area contributed by atoms with Crippen molar-refractivity contribution in [2.45, 2.75) is 31.1 Å². The molecule has 3 nitrogen and oxygen atoms in total. The summed E-state index contributed by atoms with van der Waals surface area (Å²) in [5, 5.41) is 2.53. The molecule has 17 heavy (non-hydrogen) atoms. The third-order valence-electron chi connectivity index (χ3n) is 2.64. The van der Waals surface area contributed by atoms with Crippen molar-refractivity contribution in [1.29, 1.82) is 0 Å². The fourth-order valence-corrected chi connectivity index (χ4v) is 3.30. The minimum atomic E-state index is -4.15. The van der Waals surface area contributed by atoms with E-state index in [1.165, 1.54) is 17.4 Å². The Balaban J connectivity index is 2.60. The summed E-state index contributed by atoms with van der Waals surface area (Å²) in [7, 11) is -4.15. The van der Waals surface area contributed by atoms with Gasteiger partial charge in [-0.15, -0.1) is 11.3 Å². The maximum Gasteiger partial charge on any atom is 0.294 e. The lowest BCUT2D eigenvalue weighted by atomic mass is 10.1. The van der Waals surface area contributed by atoms with E-state index in [2.05, 4.69) is 6.07 Å². The lowest BCUT2D eigenvalue weighted by Gasteiger charge is -2.07. The summed E-state index contributed by atoms with van der Waals surface area (Å²) in [5.41, 5.74) is 0.692. The van der Waals surface area contributed by atoms with Crippen LogP contribution >= 0.6 is 11.3 Å². The summed E-state index contributed by atoms with van der Waals surface area (Å²) in [6.07, 6.45) is 2.56. The van der Waals surface area contributed by atoms with E-state index in [9.17, 15) is 13.0 Å². The Kier molecular flexibility index (Phi) is 3.51. The fraction of sp³-hybridized carbons (Fsp3) is 0.333. The number of hydrogen-bond donors (Lipinski definition) is 1. The van der Waals surface area contributed by atoms with Crippen molar-refractivity contribution >= 4 is 31.5 Å². The van der Waals surface area contributed by atoms with E-state index in [0.717, 1.165) is 22.9 Å². The molecule has 0 saturated heterocycles. The summed E-state index contributed by atoms with van der Waals surface area (Å²) in [5.74, 6) is 0. The van der Waals surface area contributed by atoms with Crippen molar-refractivity contribution in [2.75, 3.05) is 0 Å². The van der Waals surface area contributed by atoms with E-state index in [-0.39, 0.29) is 4.90 Å². The molecule has 0 aliphatic rings. The molecule has 0 aliphatic carbocycles. The zero-order valence-corrected chi connectivity index (χ0v) is 11.1. The molecule has 2 rings (SSSR count). The van der Waals surface area contributed by atoms with Crippen LogP contribution in [0.4, 0.5) is 0 Å². The highest BCUT2D eigenvalue weighted by atomic mass is 32.2. The molecule has 0 saturated carbocycles. The molecule has 1 heterocycles. The zero-order valence-electron chi connectivity index (χ0n) is 9.43. The SMILES string of the molecule is CCCCc1cc2sc[c]c2cc1S(=O)(=O)O. The molecule has 1 aromatic heterocycles.